The van der Waals surface area contributed by atoms with Crippen LogP contribution in [0.5, 0.6) is 0 Å². The van der Waals surface area contributed by atoms with Gasteiger partial charge in [-0.1, -0.05) is 6.92 Å². The van der Waals surface area contributed by atoms with E-state index in [2.05, 4.69) is 26.6 Å². The molecule has 7 heteroatoms. The SMILES string of the molecule is CCC(C)NC(=O)CCNC(=O)CCn1cc(Br)ccc1=O. The molecule has 0 saturated carbocycles. The number of carbonyl (C=O) groups excluding carboxylic acids is 2. The third-order valence-electron chi connectivity index (χ3n) is 3.22. The molecule has 0 aliphatic heterocycles. The molecule has 2 amide bonds. The maximum atomic E-state index is 11.7. The van der Waals surface area contributed by atoms with E-state index in [-0.39, 0.29) is 36.3 Å². The lowest BCUT2D eigenvalue weighted by atomic mass is 10.2. The number of rotatable bonds is 8. The molecule has 1 aromatic rings. The van der Waals surface area contributed by atoms with Gasteiger partial charge in [0, 0.05) is 48.7 Å². The summed E-state index contributed by atoms with van der Waals surface area (Å²) in [5, 5.41) is 5.52. The number of carbonyl (C=O) groups is 2. The lowest BCUT2D eigenvalue weighted by molar-refractivity contribution is -0.122. The van der Waals surface area contributed by atoms with E-state index >= 15 is 0 Å². The highest BCUT2D eigenvalue weighted by Gasteiger charge is 2.07. The molecule has 1 unspecified atom stereocenters. The van der Waals surface area contributed by atoms with Crippen molar-refractivity contribution in [3.8, 4) is 0 Å². The molecule has 0 fully saturated rings. The van der Waals surface area contributed by atoms with Crippen molar-refractivity contribution in [2.45, 2.75) is 45.7 Å². The topological polar surface area (TPSA) is 80.2 Å². The van der Waals surface area contributed by atoms with Crippen LogP contribution in [0.4, 0.5) is 0 Å². The third-order valence-corrected chi connectivity index (χ3v) is 3.69. The monoisotopic (exact) mass is 371 g/mol. The number of nitrogens with one attached hydrogen (secondary N) is 2. The molecule has 0 spiro atoms. The first-order valence-electron chi connectivity index (χ1n) is 7.34. The van der Waals surface area contributed by atoms with Crippen LogP contribution in [0.1, 0.15) is 33.1 Å². The summed E-state index contributed by atoms with van der Waals surface area (Å²) in [6, 6.07) is 3.25. The van der Waals surface area contributed by atoms with Crippen LogP contribution in [-0.4, -0.2) is 29.0 Å². The van der Waals surface area contributed by atoms with E-state index in [4.69, 9.17) is 0 Å². The van der Waals surface area contributed by atoms with Gasteiger partial charge in [0.2, 0.25) is 11.8 Å². The molecule has 122 valence electrons. The Bertz CT molecular complexity index is 571. The summed E-state index contributed by atoms with van der Waals surface area (Å²) in [4.78, 5) is 34.8. The van der Waals surface area contributed by atoms with E-state index < -0.39 is 0 Å². The van der Waals surface area contributed by atoms with Crippen molar-refractivity contribution in [2.24, 2.45) is 0 Å². The maximum absolute atomic E-state index is 11.7. The second-order valence-corrected chi connectivity index (χ2v) is 6.02. The summed E-state index contributed by atoms with van der Waals surface area (Å²) in [6.45, 7) is 4.54. The van der Waals surface area contributed by atoms with Crippen molar-refractivity contribution < 1.29 is 9.59 Å². The Morgan fingerprint density at radius 1 is 1.27 bits per heavy atom. The third kappa shape index (κ3) is 6.89. The Morgan fingerprint density at radius 3 is 2.68 bits per heavy atom. The fraction of sp³-hybridized carbons (Fsp3) is 0.533. The van der Waals surface area contributed by atoms with Gasteiger partial charge in [0.25, 0.3) is 5.56 Å². The quantitative estimate of drug-likeness (QED) is 0.724. The summed E-state index contributed by atoms with van der Waals surface area (Å²) in [5.74, 6) is -0.249. The Hall–Kier alpha value is -1.63. The number of halogens is 1. The minimum atomic E-state index is -0.178. The van der Waals surface area contributed by atoms with E-state index in [9.17, 15) is 14.4 Å². The Morgan fingerprint density at radius 2 is 2.00 bits per heavy atom. The minimum absolute atomic E-state index is 0.0714. The first-order valence-corrected chi connectivity index (χ1v) is 8.13. The lowest BCUT2D eigenvalue weighted by Crippen LogP contribution is -2.35. The van der Waals surface area contributed by atoms with E-state index in [1.807, 2.05) is 13.8 Å². The number of hydrogen-bond donors (Lipinski definition) is 2. The van der Waals surface area contributed by atoms with Crippen LogP contribution in [0.15, 0.2) is 27.6 Å². The molecule has 1 atom stereocenters. The molecule has 0 aliphatic rings. The average molecular weight is 372 g/mol. The predicted molar refractivity (Wildman–Crippen MR) is 88.5 cm³/mol. The zero-order valence-electron chi connectivity index (χ0n) is 12.9. The minimum Gasteiger partial charge on any atom is -0.356 e. The van der Waals surface area contributed by atoms with Gasteiger partial charge in [-0.05, 0) is 35.3 Å². The van der Waals surface area contributed by atoms with E-state index in [1.165, 1.54) is 10.6 Å². The largest absolute Gasteiger partial charge is 0.356 e. The van der Waals surface area contributed by atoms with Gasteiger partial charge >= 0.3 is 0 Å². The second-order valence-electron chi connectivity index (χ2n) is 5.11. The van der Waals surface area contributed by atoms with E-state index in [0.717, 1.165) is 10.9 Å². The molecule has 1 heterocycles. The van der Waals surface area contributed by atoms with Crippen LogP contribution >= 0.6 is 15.9 Å². The summed E-state index contributed by atoms with van der Waals surface area (Å²) >= 11 is 3.28. The molecule has 0 aromatic carbocycles. The van der Waals surface area contributed by atoms with Gasteiger partial charge in [0.15, 0.2) is 0 Å². The van der Waals surface area contributed by atoms with Crippen molar-refractivity contribution >= 4 is 27.7 Å². The molecule has 0 aliphatic carbocycles. The van der Waals surface area contributed by atoms with Gasteiger partial charge in [-0.25, -0.2) is 0 Å². The standard InChI is InChI=1S/C15H22BrN3O3/c1-3-11(2)18-14(21)6-8-17-13(20)7-9-19-10-12(16)4-5-15(19)22/h4-5,10-11H,3,6-9H2,1-2H3,(H,17,20)(H,18,21). The normalized spacial score (nSPS) is 11.8. The van der Waals surface area contributed by atoms with E-state index in [1.54, 1.807) is 12.3 Å². The highest BCUT2D eigenvalue weighted by molar-refractivity contribution is 9.10. The number of amides is 2. The van der Waals surface area contributed by atoms with Crippen LogP contribution in [0.2, 0.25) is 0 Å². The van der Waals surface area contributed by atoms with Crippen LogP contribution in [-0.2, 0) is 16.1 Å². The fourth-order valence-electron chi connectivity index (χ4n) is 1.75. The van der Waals surface area contributed by atoms with Crippen molar-refractivity contribution in [3.63, 3.8) is 0 Å². The number of nitrogens with zero attached hydrogens (tertiary/aromatic N) is 1. The Balaban J connectivity index is 2.28. The Kier molecular flexibility index (Phi) is 7.87. The molecular weight excluding hydrogens is 350 g/mol. The number of aryl methyl sites for hydroxylation is 1. The van der Waals surface area contributed by atoms with Crippen LogP contribution in [0.25, 0.3) is 0 Å². The molecule has 0 bridgehead atoms. The van der Waals surface area contributed by atoms with Gasteiger partial charge in [-0.15, -0.1) is 0 Å². The molecule has 6 nitrogen and oxygen atoms in total. The predicted octanol–water partition coefficient (Wildman–Crippen LogP) is 1.42. The van der Waals surface area contributed by atoms with Crippen molar-refractivity contribution in [1.82, 2.24) is 15.2 Å². The van der Waals surface area contributed by atoms with Crippen LogP contribution < -0.4 is 16.2 Å². The van der Waals surface area contributed by atoms with Gasteiger partial charge < -0.3 is 15.2 Å². The highest BCUT2D eigenvalue weighted by atomic mass is 79.9. The summed E-state index contributed by atoms with van der Waals surface area (Å²) in [7, 11) is 0. The van der Waals surface area contributed by atoms with Crippen LogP contribution in [0.3, 0.4) is 0 Å². The van der Waals surface area contributed by atoms with E-state index in [0.29, 0.717) is 13.1 Å². The van der Waals surface area contributed by atoms with Crippen LogP contribution in [0, 0.1) is 0 Å². The lowest BCUT2D eigenvalue weighted by Gasteiger charge is -2.11. The molecule has 2 N–H and O–H groups in total. The zero-order chi connectivity index (χ0) is 16.5. The van der Waals surface area contributed by atoms with Crippen molar-refractivity contribution in [3.05, 3.63) is 33.2 Å². The Labute approximate surface area is 138 Å². The number of hydrogen-bond acceptors (Lipinski definition) is 3. The molecule has 0 radical (unpaired) electrons. The maximum Gasteiger partial charge on any atom is 0.250 e. The first kappa shape index (κ1) is 18.4. The molecular formula is C15H22BrN3O3. The zero-order valence-corrected chi connectivity index (χ0v) is 14.5. The second kappa shape index (κ2) is 9.40. The highest BCUT2D eigenvalue weighted by Crippen LogP contribution is 2.05. The van der Waals surface area contributed by atoms with Gasteiger partial charge in [0.05, 0.1) is 0 Å². The summed E-state index contributed by atoms with van der Waals surface area (Å²) < 4.78 is 2.26. The number of aromatic nitrogens is 1. The molecule has 1 aromatic heterocycles. The van der Waals surface area contributed by atoms with Crippen molar-refractivity contribution in [1.29, 1.82) is 0 Å². The van der Waals surface area contributed by atoms with Crippen molar-refractivity contribution in [2.75, 3.05) is 6.54 Å². The average Bonchev–Trinajstić information content (AvgIpc) is 2.48. The molecule has 22 heavy (non-hydrogen) atoms. The van der Waals surface area contributed by atoms with Gasteiger partial charge in [-0.2, -0.15) is 0 Å². The number of pyridine rings is 1. The van der Waals surface area contributed by atoms with Gasteiger partial charge in [0.1, 0.15) is 0 Å². The smallest absolute Gasteiger partial charge is 0.250 e. The summed E-state index contributed by atoms with van der Waals surface area (Å²) in [5.41, 5.74) is -0.149. The molecule has 1 rings (SSSR count). The summed E-state index contributed by atoms with van der Waals surface area (Å²) in [6.07, 6.45) is 2.98. The fourth-order valence-corrected chi connectivity index (χ4v) is 2.13. The first-order chi connectivity index (χ1) is 10.4. The van der Waals surface area contributed by atoms with Gasteiger partial charge in [-0.3, -0.25) is 14.4 Å². The molecule has 0 saturated heterocycles.